The van der Waals surface area contributed by atoms with Crippen molar-refractivity contribution in [1.29, 1.82) is 0 Å². The average Bonchev–Trinajstić information content (AvgIpc) is 2.91. The third-order valence-corrected chi connectivity index (χ3v) is 7.51. The monoisotopic (exact) mass is 269 g/mol. The molecule has 0 N–H and O–H groups in total. The van der Waals surface area contributed by atoms with Crippen LogP contribution in [0, 0.1) is 0 Å². The molecule has 4 nitrogen and oxygen atoms in total. The van der Waals surface area contributed by atoms with Gasteiger partial charge in [0, 0.05) is 0 Å². The quantitative estimate of drug-likeness (QED) is 0.768. The normalized spacial score (nSPS) is 26.8. The van der Waals surface area contributed by atoms with Crippen LogP contribution < -0.4 is 10.0 Å². The van der Waals surface area contributed by atoms with Crippen LogP contribution in [0.1, 0.15) is 13.8 Å². The molecule has 1 aromatic carbocycles. The first kappa shape index (κ1) is 12.4. The minimum absolute atomic E-state index is 0.0721. The van der Waals surface area contributed by atoms with Gasteiger partial charge in [-0.15, -0.1) is 0 Å². The molecule has 0 radical (unpaired) electrons. The molecule has 18 heavy (non-hydrogen) atoms. The third-order valence-electron chi connectivity index (χ3n) is 3.77. The molecule has 0 saturated carbocycles. The maximum atomic E-state index is 6.14. The van der Waals surface area contributed by atoms with Gasteiger partial charge in [0.1, 0.15) is 0 Å². The van der Waals surface area contributed by atoms with E-state index in [0.29, 0.717) is 0 Å². The summed E-state index contributed by atoms with van der Waals surface area (Å²) in [6.07, 6.45) is 0. The van der Waals surface area contributed by atoms with E-state index in [2.05, 4.69) is 30.7 Å². The maximum absolute atomic E-state index is 6.14. The van der Waals surface area contributed by atoms with Crippen molar-refractivity contribution in [2.24, 2.45) is 0 Å². The zero-order chi connectivity index (χ0) is 12.8. The first-order valence-corrected chi connectivity index (χ1v) is 8.05. The van der Waals surface area contributed by atoms with Gasteiger partial charge in [-0.1, -0.05) is 0 Å². The molecule has 5 heteroatoms. The van der Waals surface area contributed by atoms with E-state index < -0.39 is 7.87 Å². The fraction of sp³-hybridized carbons (Fsp3) is 0.538. The van der Waals surface area contributed by atoms with E-state index in [0.717, 1.165) is 25.5 Å². The summed E-state index contributed by atoms with van der Waals surface area (Å²) in [7, 11) is -0.689. The van der Waals surface area contributed by atoms with E-state index in [1.165, 1.54) is 5.30 Å². The number of hydrogen-bond acceptors (Lipinski definition) is 4. The van der Waals surface area contributed by atoms with Gasteiger partial charge < -0.3 is 0 Å². The van der Waals surface area contributed by atoms with Crippen LogP contribution in [-0.2, 0) is 9.05 Å². The standard InChI is InChI=1S/C13H20NO3P/c1-13(2)10-17-18(14(13)8-9-16-18)12-6-4-11(15-3)5-7-12/h4-7,18H,8-10H2,1-3H3. The van der Waals surface area contributed by atoms with Crippen molar-refractivity contribution in [3.63, 3.8) is 0 Å². The number of methoxy groups -OCH3 is 1. The summed E-state index contributed by atoms with van der Waals surface area (Å²) in [6, 6.07) is 8.10. The average molecular weight is 269 g/mol. The van der Waals surface area contributed by atoms with Gasteiger partial charge in [-0.05, 0) is 0 Å². The van der Waals surface area contributed by atoms with Crippen LogP contribution in [0.2, 0.25) is 0 Å². The molecule has 0 atom stereocenters. The van der Waals surface area contributed by atoms with Crippen molar-refractivity contribution >= 4 is 13.2 Å². The zero-order valence-corrected chi connectivity index (χ0v) is 12.1. The van der Waals surface area contributed by atoms with Crippen LogP contribution in [0.5, 0.6) is 5.75 Å². The summed E-state index contributed by atoms with van der Waals surface area (Å²) in [4.78, 5) is 0. The SMILES string of the molecule is COc1ccc([PH]23OCCN2C(C)(C)CO3)cc1. The Hall–Kier alpha value is -0.670. The summed E-state index contributed by atoms with van der Waals surface area (Å²) in [6.45, 7) is 6.91. The molecule has 1 aromatic rings. The van der Waals surface area contributed by atoms with E-state index in [-0.39, 0.29) is 5.54 Å². The molecular formula is C13H20NO3P. The van der Waals surface area contributed by atoms with Gasteiger partial charge in [0.05, 0.1) is 0 Å². The predicted molar refractivity (Wildman–Crippen MR) is 73.6 cm³/mol. The molecule has 2 saturated heterocycles. The number of fused-ring (bicyclic) bond motifs is 1. The molecule has 2 aliphatic heterocycles. The third kappa shape index (κ3) is 1.68. The second-order valence-electron chi connectivity index (χ2n) is 5.41. The molecule has 0 bridgehead atoms. The van der Waals surface area contributed by atoms with E-state index in [1.807, 2.05) is 12.1 Å². The molecule has 100 valence electrons. The van der Waals surface area contributed by atoms with Crippen molar-refractivity contribution in [2.45, 2.75) is 19.4 Å². The van der Waals surface area contributed by atoms with Gasteiger partial charge in [0.15, 0.2) is 0 Å². The zero-order valence-electron chi connectivity index (χ0n) is 11.1. The first-order valence-electron chi connectivity index (χ1n) is 6.29. The first-order chi connectivity index (χ1) is 8.58. The van der Waals surface area contributed by atoms with Gasteiger partial charge >= 0.3 is 108 Å². The van der Waals surface area contributed by atoms with E-state index in [4.69, 9.17) is 13.8 Å². The molecule has 0 spiro atoms. The van der Waals surface area contributed by atoms with Crippen molar-refractivity contribution in [3.05, 3.63) is 24.3 Å². The summed E-state index contributed by atoms with van der Waals surface area (Å²) in [5.41, 5.74) is 0.0721. The molecule has 2 fully saturated rings. The Bertz CT molecular complexity index is 448. The second-order valence-corrected chi connectivity index (χ2v) is 8.27. The van der Waals surface area contributed by atoms with E-state index in [9.17, 15) is 0 Å². The van der Waals surface area contributed by atoms with Crippen LogP contribution in [-0.4, -0.2) is 37.1 Å². The summed E-state index contributed by atoms with van der Waals surface area (Å²) in [5.74, 6) is 0.867. The molecule has 3 rings (SSSR count). The van der Waals surface area contributed by atoms with Crippen molar-refractivity contribution in [2.75, 3.05) is 26.9 Å². The van der Waals surface area contributed by atoms with E-state index in [1.54, 1.807) is 7.11 Å². The summed E-state index contributed by atoms with van der Waals surface area (Å²) < 4.78 is 19.8. The van der Waals surface area contributed by atoms with E-state index >= 15 is 0 Å². The Morgan fingerprint density at radius 3 is 2.61 bits per heavy atom. The number of nitrogens with zero attached hydrogens (tertiary/aromatic N) is 1. The van der Waals surface area contributed by atoms with Crippen molar-refractivity contribution in [1.82, 2.24) is 4.67 Å². The number of benzene rings is 1. The molecule has 0 aromatic heterocycles. The fourth-order valence-electron chi connectivity index (χ4n) is 2.80. The van der Waals surface area contributed by atoms with Crippen LogP contribution in [0.15, 0.2) is 24.3 Å². The van der Waals surface area contributed by atoms with Crippen LogP contribution in [0.25, 0.3) is 0 Å². The molecule has 0 amide bonds. The van der Waals surface area contributed by atoms with Crippen LogP contribution in [0.4, 0.5) is 0 Å². The Labute approximate surface area is 108 Å². The van der Waals surface area contributed by atoms with Gasteiger partial charge in [-0.3, -0.25) is 0 Å². The second kappa shape index (κ2) is 4.17. The summed E-state index contributed by atoms with van der Waals surface area (Å²) >= 11 is 0. The topological polar surface area (TPSA) is 30.9 Å². The number of ether oxygens (including phenoxy) is 1. The predicted octanol–water partition coefficient (Wildman–Crippen LogP) is 1.96. The Kier molecular flexibility index (Phi) is 2.87. The van der Waals surface area contributed by atoms with Gasteiger partial charge in [0.25, 0.3) is 0 Å². The molecule has 2 heterocycles. The molecule has 2 aliphatic rings. The van der Waals surface area contributed by atoms with Gasteiger partial charge in [-0.25, -0.2) is 0 Å². The summed E-state index contributed by atoms with van der Waals surface area (Å²) in [5, 5.41) is 1.17. The number of rotatable bonds is 2. The van der Waals surface area contributed by atoms with Crippen molar-refractivity contribution < 1.29 is 13.8 Å². The van der Waals surface area contributed by atoms with Crippen LogP contribution in [0.3, 0.4) is 0 Å². The van der Waals surface area contributed by atoms with Crippen LogP contribution >= 0.6 is 7.87 Å². The Morgan fingerprint density at radius 1 is 1.22 bits per heavy atom. The molecule has 0 unspecified atom stereocenters. The van der Waals surface area contributed by atoms with Crippen molar-refractivity contribution in [3.8, 4) is 5.75 Å². The fourth-order valence-corrected chi connectivity index (χ4v) is 6.59. The Morgan fingerprint density at radius 2 is 1.94 bits per heavy atom. The molecular weight excluding hydrogens is 249 g/mol. The van der Waals surface area contributed by atoms with Gasteiger partial charge in [0.2, 0.25) is 0 Å². The molecule has 0 aliphatic carbocycles. The Balaban J connectivity index is 1.98. The number of hydrogen-bond donors (Lipinski definition) is 0. The minimum atomic E-state index is -2.37. The van der Waals surface area contributed by atoms with Gasteiger partial charge in [-0.2, -0.15) is 0 Å².